The highest BCUT2D eigenvalue weighted by Crippen LogP contribution is 2.41. The summed E-state index contributed by atoms with van der Waals surface area (Å²) in [4.78, 5) is 12.3. The molecule has 2 radical (unpaired) electrons. The van der Waals surface area contributed by atoms with E-state index in [1.165, 1.54) is 0 Å². The molecule has 2 aromatic rings. The van der Waals surface area contributed by atoms with Gasteiger partial charge < -0.3 is 18.9 Å². The Balaban J connectivity index is 1.43. The maximum absolute atomic E-state index is 12.3. The second-order valence-corrected chi connectivity index (χ2v) is 6.58. The molecule has 0 saturated carbocycles. The Morgan fingerprint density at radius 3 is 2.50 bits per heavy atom. The zero-order chi connectivity index (χ0) is 18.0. The van der Waals surface area contributed by atoms with Crippen molar-refractivity contribution < 1.29 is 23.7 Å². The lowest BCUT2D eigenvalue weighted by atomic mass is 9.92. The standard InChI is InChI=1S/C20H19BO5/c21-18-16-17(23-11-14-7-3-1-4-8-14)20(26-18,12-24-16)13-25-19(22)15-9-5-2-6-10-15/h1-10,16-18H,11-13H2/t16-,17+,18-,20-/m1/s1. The molecule has 6 heteroatoms. The van der Waals surface area contributed by atoms with Crippen molar-refractivity contribution in [2.24, 2.45) is 0 Å². The molecular formula is C20H19BO5. The summed E-state index contributed by atoms with van der Waals surface area (Å²) in [5.41, 5.74) is 0.663. The van der Waals surface area contributed by atoms with E-state index in [0.29, 0.717) is 12.2 Å². The maximum atomic E-state index is 12.3. The van der Waals surface area contributed by atoms with Crippen LogP contribution in [-0.4, -0.2) is 50.8 Å². The fourth-order valence-corrected chi connectivity index (χ4v) is 3.42. The maximum Gasteiger partial charge on any atom is 0.338 e. The quantitative estimate of drug-likeness (QED) is 0.590. The average molecular weight is 350 g/mol. The minimum Gasteiger partial charge on any atom is -0.459 e. The number of esters is 1. The van der Waals surface area contributed by atoms with E-state index >= 15 is 0 Å². The minimum absolute atomic E-state index is 0.0321. The SMILES string of the molecule is [B][C@@H]1O[C@@]2(COC(=O)c3ccccc3)CO[C@@H]1[C@@H]2OCc1ccccc1. The molecule has 2 saturated heterocycles. The lowest BCUT2D eigenvalue weighted by molar-refractivity contribution is -0.143. The summed E-state index contributed by atoms with van der Waals surface area (Å²) in [7, 11) is 6.01. The Hall–Kier alpha value is -2.15. The summed E-state index contributed by atoms with van der Waals surface area (Å²) in [5.74, 6) is -0.408. The van der Waals surface area contributed by atoms with Crippen LogP contribution in [0.2, 0.25) is 0 Å². The van der Waals surface area contributed by atoms with Gasteiger partial charge >= 0.3 is 5.97 Å². The van der Waals surface area contributed by atoms with Crippen LogP contribution in [0.25, 0.3) is 0 Å². The van der Waals surface area contributed by atoms with E-state index in [1.54, 1.807) is 24.3 Å². The van der Waals surface area contributed by atoms with E-state index in [4.69, 9.17) is 26.8 Å². The molecule has 2 aromatic carbocycles. The van der Waals surface area contributed by atoms with Gasteiger partial charge in [-0.2, -0.15) is 0 Å². The van der Waals surface area contributed by atoms with Crippen molar-refractivity contribution in [3.63, 3.8) is 0 Å². The van der Waals surface area contributed by atoms with Crippen LogP contribution in [0.5, 0.6) is 0 Å². The van der Waals surface area contributed by atoms with Gasteiger partial charge in [0.15, 0.2) is 5.60 Å². The third-order valence-electron chi connectivity index (χ3n) is 4.76. The van der Waals surface area contributed by atoms with Crippen LogP contribution in [0.15, 0.2) is 60.7 Å². The third kappa shape index (κ3) is 3.28. The lowest BCUT2D eigenvalue weighted by Crippen LogP contribution is -2.47. The Morgan fingerprint density at radius 1 is 1.12 bits per heavy atom. The first kappa shape index (κ1) is 17.3. The predicted octanol–water partition coefficient (Wildman–Crippen LogP) is 2.09. The van der Waals surface area contributed by atoms with Gasteiger partial charge in [0.1, 0.15) is 26.7 Å². The number of benzene rings is 2. The van der Waals surface area contributed by atoms with Gasteiger partial charge in [0.25, 0.3) is 0 Å². The number of carbonyl (C=O) groups is 1. The van der Waals surface area contributed by atoms with Crippen molar-refractivity contribution >= 4 is 13.8 Å². The van der Waals surface area contributed by atoms with Gasteiger partial charge in [-0.15, -0.1) is 0 Å². The van der Waals surface area contributed by atoms with Gasteiger partial charge in [0, 0.05) is 6.00 Å². The number of ether oxygens (including phenoxy) is 4. The highest BCUT2D eigenvalue weighted by atomic mass is 16.7. The fourth-order valence-electron chi connectivity index (χ4n) is 3.42. The van der Waals surface area contributed by atoms with Crippen LogP contribution in [0.3, 0.4) is 0 Å². The summed E-state index contributed by atoms with van der Waals surface area (Å²) in [6.07, 6.45) is -0.754. The fraction of sp³-hybridized carbons (Fsp3) is 0.350. The molecule has 2 heterocycles. The van der Waals surface area contributed by atoms with Gasteiger partial charge in [0.2, 0.25) is 0 Å². The molecular weight excluding hydrogens is 331 g/mol. The van der Waals surface area contributed by atoms with Crippen LogP contribution in [0.1, 0.15) is 15.9 Å². The van der Waals surface area contributed by atoms with Crippen LogP contribution in [0.4, 0.5) is 0 Å². The van der Waals surface area contributed by atoms with E-state index in [1.807, 2.05) is 36.4 Å². The van der Waals surface area contributed by atoms with Crippen LogP contribution in [-0.2, 0) is 25.6 Å². The molecule has 132 valence electrons. The van der Waals surface area contributed by atoms with Gasteiger partial charge in [-0.1, -0.05) is 48.5 Å². The molecule has 0 aliphatic carbocycles. The largest absolute Gasteiger partial charge is 0.459 e. The van der Waals surface area contributed by atoms with Crippen LogP contribution >= 0.6 is 0 Å². The Morgan fingerprint density at radius 2 is 1.81 bits per heavy atom. The first-order valence-electron chi connectivity index (χ1n) is 8.61. The highest BCUT2D eigenvalue weighted by Gasteiger charge is 2.61. The summed E-state index contributed by atoms with van der Waals surface area (Å²) < 4.78 is 23.2. The van der Waals surface area contributed by atoms with Gasteiger partial charge in [-0.25, -0.2) is 4.79 Å². The monoisotopic (exact) mass is 350 g/mol. The Kier molecular flexibility index (Phi) is 4.81. The molecule has 4 atom stereocenters. The molecule has 26 heavy (non-hydrogen) atoms. The smallest absolute Gasteiger partial charge is 0.338 e. The molecule has 2 bridgehead atoms. The molecule has 0 unspecified atom stereocenters. The second kappa shape index (κ2) is 7.23. The van der Waals surface area contributed by atoms with Crippen LogP contribution < -0.4 is 0 Å². The number of fused-ring (bicyclic) bond motifs is 2. The van der Waals surface area contributed by atoms with Crippen molar-refractivity contribution in [1.82, 2.24) is 0 Å². The van der Waals surface area contributed by atoms with Gasteiger partial charge in [0.05, 0.1) is 18.8 Å². The first-order valence-corrected chi connectivity index (χ1v) is 8.61. The van der Waals surface area contributed by atoms with Crippen LogP contribution in [0, 0.1) is 0 Å². The van der Waals surface area contributed by atoms with Crippen molar-refractivity contribution in [1.29, 1.82) is 0 Å². The molecule has 2 aliphatic heterocycles. The number of carbonyl (C=O) groups excluding carboxylic acids is 1. The van der Waals surface area contributed by atoms with Crippen molar-refractivity contribution in [2.75, 3.05) is 13.2 Å². The Labute approximate surface area is 153 Å². The van der Waals surface area contributed by atoms with Gasteiger partial charge in [-0.3, -0.25) is 0 Å². The normalized spacial score (nSPS) is 29.6. The molecule has 2 fully saturated rings. The molecule has 0 aromatic heterocycles. The molecule has 0 N–H and O–H groups in total. The highest BCUT2D eigenvalue weighted by molar-refractivity contribution is 6.11. The second-order valence-electron chi connectivity index (χ2n) is 6.58. The third-order valence-corrected chi connectivity index (χ3v) is 4.76. The minimum atomic E-state index is -0.872. The molecule has 2 aliphatic rings. The van der Waals surface area contributed by atoms with Crippen molar-refractivity contribution in [3.05, 3.63) is 71.8 Å². The van der Waals surface area contributed by atoms with E-state index in [-0.39, 0.29) is 25.4 Å². The number of hydrogen-bond acceptors (Lipinski definition) is 5. The summed E-state index contributed by atoms with van der Waals surface area (Å²) in [6.45, 7) is 0.729. The number of hydrogen-bond donors (Lipinski definition) is 0. The Bertz CT molecular complexity index is 753. The molecule has 0 amide bonds. The summed E-state index contributed by atoms with van der Waals surface area (Å²) in [6, 6.07) is 18.1. The predicted molar refractivity (Wildman–Crippen MR) is 94.8 cm³/mol. The zero-order valence-electron chi connectivity index (χ0n) is 14.2. The summed E-state index contributed by atoms with van der Waals surface area (Å²) in [5, 5.41) is 0. The zero-order valence-corrected chi connectivity index (χ0v) is 14.2. The molecule has 0 spiro atoms. The molecule has 5 nitrogen and oxygen atoms in total. The number of rotatable bonds is 6. The first-order chi connectivity index (χ1) is 12.7. The van der Waals surface area contributed by atoms with Crippen molar-refractivity contribution in [2.45, 2.75) is 30.4 Å². The van der Waals surface area contributed by atoms with Gasteiger partial charge in [-0.05, 0) is 17.7 Å². The van der Waals surface area contributed by atoms with E-state index in [2.05, 4.69) is 0 Å². The average Bonchev–Trinajstić information content (AvgIpc) is 3.17. The molecule has 4 rings (SSSR count). The van der Waals surface area contributed by atoms with E-state index < -0.39 is 17.6 Å². The lowest BCUT2D eigenvalue weighted by Gasteiger charge is -2.30. The topological polar surface area (TPSA) is 54.0 Å². The summed E-state index contributed by atoms with van der Waals surface area (Å²) >= 11 is 0. The van der Waals surface area contributed by atoms with E-state index in [0.717, 1.165) is 5.56 Å². The van der Waals surface area contributed by atoms with E-state index in [9.17, 15) is 4.79 Å². The van der Waals surface area contributed by atoms with Crippen molar-refractivity contribution in [3.8, 4) is 0 Å².